The van der Waals surface area contributed by atoms with Gasteiger partial charge in [0.15, 0.2) is 5.82 Å². The van der Waals surface area contributed by atoms with Crippen LogP contribution in [-0.4, -0.2) is 52.3 Å². The van der Waals surface area contributed by atoms with E-state index in [1.807, 2.05) is 6.92 Å². The molecule has 0 bridgehead atoms. The molecule has 2 aliphatic heterocycles. The predicted molar refractivity (Wildman–Crippen MR) is 74.4 cm³/mol. The van der Waals surface area contributed by atoms with Crippen molar-refractivity contribution >= 4 is 5.97 Å². The van der Waals surface area contributed by atoms with Crippen molar-refractivity contribution in [1.29, 1.82) is 0 Å². The van der Waals surface area contributed by atoms with Crippen LogP contribution in [0.5, 0.6) is 0 Å². The van der Waals surface area contributed by atoms with E-state index in [0.29, 0.717) is 18.5 Å². The van der Waals surface area contributed by atoms with Gasteiger partial charge in [-0.3, -0.25) is 9.69 Å². The van der Waals surface area contributed by atoms with E-state index in [2.05, 4.69) is 20.4 Å². The molecule has 2 aliphatic rings. The Morgan fingerprint density at radius 3 is 3.00 bits per heavy atom. The molecule has 116 valence electrons. The van der Waals surface area contributed by atoms with Gasteiger partial charge in [-0.15, -0.1) is 0 Å². The number of aryl methyl sites for hydroxylation is 1. The fourth-order valence-corrected chi connectivity index (χ4v) is 3.12. The van der Waals surface area contributed by atoms with Gasteiger partial charge in [0, 0.05) is 25.9 Å². The molecule has 0 saturated carbocycles. The van der Waals surface area contributed by atoms with E-state index in [1.54, 1.807) is 6.92 Å². The smallest absolute Gasteiger partial charge is 0.323 e. The molecule has 3 atom stereocenters. The summed E-state index contributed by atoms with van der Waals surface area (Å²) in [4.78, 5) is 18.2. The fraction of sp³-hybridized carbons (Fsp3) is 0.786. The molecule has 7 nitrogen and oxygen atoms in total. The zero-order chi connectivity index (χ0) is 14.8. The SMILES string of the molecule is Cc1nc(CN2CCC[C@H](N[C@H]3C[C@@H](C)OC3=O)C2)no1. The van der Waals surface area contributed by atoms with Gasteiger partial charge in [-0.1, -0.05) is 5.16 Å². The summed E-state index contributed by atoms with van der Waals surface area (Å²) >= 11 is 0. The second kappa shape index (κ2) is 6.11. The lowest BCUT2D eigenvalue weighted by Gasteiger charge is -2.33. The third-order valence-electron chi connectivity index (χ3n) is 4.05. The Hall–Kier alpha value is -1.47. The maximum Gasteiger partial charge on any atom is 0.323 e. The van der Waals surface area contributed by atoms with Crippen molar-refractivity contribution in [2.75, 3.05) is 13.1 Å². The van der Waals surface area contributed by atoms with Crippen LogP contribution in [-0.2, 0) is 16.1 Å². The second-order valence-electron chi connectivity index (χ2n) is 6.01. The Bertz CT molecular complexity index is 504. The molecule has 7 heteroatoms. The quantitative estimate of drug-likeness (QED) is 0.816. The standard InChI is InChI=1S/C14H22N4O3/c1-9-6-12(14(19)20-9)16-11-4-3-5-18(7-11)8-13-15-10(2)21-17-13/h9,11-12,16H,3-8H2,1-2H3/t9-,11+,12+/m1/s1. The Labute approximate surface area is 124 Å². The highest BCUT2D eigenvalue weighted by molar-refractivity contribution is 5.77. The van der Waals surface area contributed by atoms with Gasteiger partial charge in [0.2, 0.25) is 5.89 Å². The maximum atomic E-state index is 11.7. The number of carbonyl (C=O) groups excluding carboxylic acids is 1. The summed E-state index contributed by atoms with van der Waals surface area (Å²) in [6, 6.07) is 0.159. The number of hydrogen-bond donors (Lipinski definition) is 1. The molecule has 2 fully saturated rings. The number of rotatable bonds is 4. The summed E-state index contributed by atoms with van der Waals surface area (Å²) in [5.41, 5.74) is 0. The molecule has 0 aromatic carbocycles. The molecule has 0 amide bonds. The number of hydrogen-bond acceptors (Lipinski definition) is 7. The molecule has 2 saturated heterocycles. The summed E-state index contributed by atoms with van der Waals surface area (Å²) < 4.78 is 10.2. The highest BCUT2D eigenvalue weighted by atomic mass is 16.6. The van der Waals surface area contributed by atoms with Gasteiger partial charge >= 0.3 is 5.97 Å². The van der Waals surface area contributed by atoms with E-state index in [9.17, 15) is 4.79 Å². The maximum absolute atomic E-state index is 11.7. The van der Waals surface area contributed by atoms with Crippen molar-refractivity contribution in [3.63, 3.8) is 0 Å². The molecule has 3 rings (SSSR count). The highest BCUT2D eigenvalue weighted by Crippen LogP contribution is 2.18. The average Bonchev–Trinajstić information content (AvgIpc) is 2.96. The van der Waals surface area contributed by atoms with Crippen LogP contribution in [0, 0.1) is 6.92 Å². The number of ether oxygens (including phenoxy) is 1. The number of esters is 1. The largest absolute Gasteiger partial charge is 0.461 e. The van der Waals surface area contributed by atoms with Crippen LogP contribution in [0.15, 0.2) is 4.52 Å². The number of nitrogens with zero attached hydrogens (tertiary/aromatic N) is 3. The molecule has 1 aromatic heterocycles. The summed E-state index contributed by atoms with van der Waals surface area (Å²) in [5.74, 6) is 1.20. The third-order valence-corrected chi connectivity index (χ3v) is 4.05. The molecule has 0 radical (unpaired) electrons. The van der Waals surface area contributed by atoms with Crippen LogP contribution in [0.25, 0.3) is 0 Å². The van der Waals surface area contributed by atoms with Crippen molar-refractivity contribution in [2.45, 2.75) is 57.8 Å². The molecule has 0 aliphatic carbocycles. The van der Waals surface area contributed by atoms with Crippen LogP contribution in [0.1, 0.15) is 37.9 Å². The van der Waals surface area contributed by atoms with E-state index >= 15 is 0 Å². The van der Waals surface area contributed by atoms with E-state index in [4.69, 9.17) is 9.26 Å². The van der Waals surface area contributed by atoms with E-state index in [1.165, 1.54) is 0 Å². The molecule has 1 aromatic rings. The van der Waals surface area contributed by atoms with Crippen molar-refractivity contribution in [2.24, 2.45) is 0 Å². The molecular weight excluding hydrogens is 272 g/mol. The van der Waals surface area contributed by atoms with Crippen LogP contribution in [0.4, 0.5) is 0 Å². The first-order chi connectivity index (χ1) is 10.1. The van der Waals surface area contributed by atoms with Crippen molar-refractivity contribution in [3.05, 3.63) is 11.7 Å². The zero-order valence-corrected chi connectivity index (χ0v) is 12.5. The van der Waals surface area contributed by atoms with Crippen molar-refractivity contribution in [1.82, 2.24) is 20.4 Å². The number of carbonyl (C=O) groups is 1. The van der Waals surface area contributed by atoms with E-state index in [-0.39, 0.29) is 18.1 Å². The van der Waals surface area contributed by atoms with Crippen LogP contribution >= 0.6 is 0 Å². The monoisotopic (exact) mass is 294 g/mol. The number of likely N-dealkylation sites (tertiary alicyclic amines) is 1. The first-order valence-electron chi connectivity index (χ1n) is 7.58. The number of aromatic nitrogens is 2. The van der Waals surface area contributed by atoms with Gasteiger partial charge in [0.1, 0.15) is 12.1 Å². The zero-order valence-electron chi connectivity index (χ0n) is 12.5. The van der Waals surface area contributed by atoms with Gasteiger partial charge < -0.3 is 14.6 Å². The van der Waals surface area contributed by atoms with E-state index in [0.717, 1.165) is 38.2 Å². The van der Waals surface area contributed by atoms with Crippen LogP contribution < -0.4 is 5.32 Å². The van der Waals surface area contributed by atoms with Crippen LogP contribution in [0.3, 0.4) is 0 Å². The molecular formula is C14H22N4O3. The minimum absolute atomic E-state index is 0.0250. The third kappa shape index (κ3) is 3.59. The summed E-state index contributed by atoms with van der Waals surface area (Å²) in [5, 5.41) is 7.38. The molecule has 0 spiro atoms. The van der Waals surface area contributed by atoms with Gasteiger partial charge in [-0.25, -0.2) is 0 Å². The first kappa shape index (κ1) is 14.5. The highest BCUT2D eigenvalue weighted by Gasteiger charge is 2.34. The topological polar surface area (TPSA) is 80.5 Å². The minimum Gasteiger partial charge on any atom is -0.461 e. The molecule has 21 heavy (non-hydrogen) atoms. The summed E-state index contributed by atoms with van der Waals surface area (Å²) in [6.07, 6.45) is 2.97. The lowest BCUT2D eigenvalue weighted by Crippen LogP contribution is -2.50. The lowest BCUT2D eigenvalue weighted by molar-refractivity contribution is -0.142. The Balaban J connectivity index is 1.52. The lowest BCUT2D eigenvalue weighted by atomic mass is 10.0. The summed E-state index contributed by atoms with van der Waals surface area (Å²) in [7, 11) is 0. The van der Waals surface area contributed by atoms with Gasteiger partial charge in [-0.2, -0.15) is 4.98 Å². The van der Waals surface area contributed by atoms with Crippen LogP contribution in [0.2, 0.25) is 0 Å². The molecule has 0 unspecified atom stereocenters. The second-order valence-corrected chi connectivity index (χ2v) is 6.01. The number of nitrogens with one attached hydrogen (secondary N) is 1. The number of cyclic esters (lactones) is 1. The molecule has 3 heterocycles. The Kier molecular flexibility index (Phi) is 4.21. The van der Waals surface area contributed by atoms with E-state index < -0.39 is 0 Å². The first-order valence-corrected chi connectivity index (χ1v) is 7.58. The Morgan fingerprint density at radius 1 is 1.48 bits per heavy atom. The van der Waals surface area contributed by atoms with Gasteiger partial charge in [0.25, 0.3) is 0 Å². The summed E-state index contributed by atoms with van der Waals surface area (Å²) in [6.45, 7) is 6.35. The minimum atomic E-state index is -0.155. The number of piperidine rings is 1. The Morgan fingerprint density at radius 2 is 2.33 bits per heavy atom. The fourth-order valence-electron chi connectivity index (χ4n) is 3.12. The predicted octanol–water partition coefficient (Wildman–Crippen LogP) is 0.636. The van der Waals surface area contributed by atoms with Crippen molar-refractivity contribution < 1.29 is 14.1 Å². The normalized spacial score (nSPS) is 30.6. The molecule has 1 N–H and O–H groups in total. The average molecular weight is 294 g/mol. The van der Waals surface area contributed by atoms with Gasteiger partial charge in [-0.05, 0) is 26.3 Å². The van der Waals surface area contributed by atoms with Crippen molar-refractivity contribution in [3.8, 4) is 0 Å². The van der Waals surface area contributed by atoms with Gasteiger partial charge in [0.05, 0.1) is 6.54 Å².